The molecule has 0 spiro atoms. The average molecular weight is 253 g/mol. The molecule has 2 fully saturated rings. The van der Waals surface area contributed by atoms with Crippen LogP contribution in [0.4, 0.5) is 0 Å². The molecule has 1 unspecified atom stereocenters. The van der Waals surface area contributed by atoms with Crippen molar-refractivity contribution in [2.45, 2.75) is 39.5 Å². The first-order valence-electron chi connectivity index (χ1n) is 6.86. The molecule has 2 aliphatic rings. The van der Waals surface area contributed by atoms with Gasteiger partial charge in [-0.2, -0.15) is 0 Å². The minimum Gasteiger partial charge on any atom is -0.381 e. The normalized spacial score (nSPS) is 28.2. The lowest BCUT2D eigenvalue weighted by Crippen LogP contribution is -2.37. The highest BCUT2D eigenvalue weighted by molar-refractivity contribution is 5.88. The van der Waals surface area contributed by atoms with Crippen molar-refractivity contribution in [1.82, 2.24) is 4.90 Å². The van der Waals surface area contributed by atoms with Gasteiger partial charge >= 0.3 is 0 Å². The third-order valence-electron chi connectivity index (χ3n) is 4.16. The number of carbonyl (C=O) groups excluding carboxylic acids is 2. The van der Waals surface area contributed by atoms with Gasteiger partial charge < -0.3 is 9.64 Å². The number of hydrogen-bond acceptors (Lipinski definition) is 3. The van der Waals surface area contributed by atoms with Crippen molar-refractivity contribution in [3.8, 4) is 0 Å². The maximum absolute atomic E-state index is 12.1. The zero-order valence-electron chi connectivity index (χ0n) is 11.4. The van der Waals surface area contributed by atoms with Gasteiger partial charge in [-0.25, -0.2) is 0 Å². The summed E-state index contributed by atoms with van der Waals surface area (Å²) in [7, 11) is 0. The summed E-state index contributed by atoms with van der Waals surface area (Å²) in [6, 6.07) is 0. The third kappa shape index (κ3) is 3.31. The summed E-state index contributed by atoms with van der Waals surface area (Å²) >= 11 is 0. The van der Waals surface area contributed by atoms with Gasteiger partial charge in [-0.3, -0.25) is 9.59 Å². The minimum atomic E-state index is 0.00839. The average Bonchev–Trinajstić information content (AvgIpc) is 2.81. The summed E-state index contributed by atoms with van der Waals surface area (Å²) in [5.41, 5.74) is 0.212. The highest BCUT2D eigenvalue weighted by Gasteiger charge is 2.30. The van der Waals surface area contributed by atoms with Gasteiger partial charge in [0.05, 0.1) is 13.2 Å². The van der Waals surface area contributed by atoms with Crippen molar-refractivity contribution in [1.29, 1.82) is 0 Å². The number of ketones is 1. The van der Waals surface area contributed by atoms with Gasteiger partial charge in [-0.05, 0) is 24.7 Å². The molecule has 2 aliphatic heterocycles. The second-order valence-electron chi connectivity index (χ2n) is 6.26. The number of likely N-dealkylation sites (tertiary alicyclic amines) is 1. The molecule has 0 bridgehead atoms. The van der Waals surface area contributed by atoms with E-state index in [0.29, 0.717) is 26.2 Å². The number of carbonyl (C=O) groups is 2. The lowest BCUT2D eigenvalue weighted by atomic mass is 9.85. The Labute approximate surface area is 109 Å². The van der Waals surface area contributed by atoms with Crippen LogP contribution >= 0.6 is 0 Å². The summed E-state index contributed by atoms with van der Waals surface area (Å²) < 4.78 is 5.23. The lowest BCUT2D eigenvalue weighted by molar-refractivity contribution is -0.136. The van der Waals surface area contributed by atoms with Gasteiger partial charge in [0, 0.05) is 25.5 Å². The van der Waals surface area contributed by atoms with Crippen LogP contribution in [0, 0.1) is 11.3 Å². The van der Waals surface area contributed by atoms with E-state index in [4.69, 9.17) is 4.74 Å². The van der Waals surface area contributed by atoms with Crippen LogP contribution in [0.5, 0.6) is 0 Å². The van der Waals surface area contributed by atoms with Crippen LogP contribution < -0.4 is 0 Å². The molecule has 0 aromatic heterocycles. The van der Waals surface area contributed by atoms with E-state index in [-0.39, 0.29) is 29.6 Å². The van der Waals surface area contributed by atoms with Crippen LogP contribution in [0.1, 0.15) is 39.5 Å². The van der Waals surface area contributed by atoms with Crippen molar-refractivity contribution < 1.29 is 14.3 Å². The SMILES string of the molecule is CC1(C)CCC(=O)N(CC(=O)C2CCOC2)CC1. The molecule has 1 amide bonds. The molecule has 2 rings (SSSR count). The first-order chi connectivity index (χ1) is 8.48. The molecule has 0 radical (unpaired) electrons. The summed E-state index contributed by atoms with van der Waals surface area (Å²) in [6.07, 6.45) is 3.28. The second-order valence-corrected chi connectivity index (χ2v) is 6.26. The Morgan fingerprint density at radius 1 is 1.44 bits per heavy atom. The molecule has 102 valence electrons. The standard InChI is InChI=1S/C14H23NO3/c1-14(2)5-3-13(17)15(7-6-14)9-12(16)11-4-8-18-10-11/h11H,3-10H2,1-2H3. The second kappa shape index (κ2) is 5.39. The molecular formula is C14H23NO3. The highest BCUT2D eigenvalue weighted by Crippen LogP contribution is 2.30. The first kappa shape index (κ1) is 13.5. The van der Waals surface area contributed by atoms with E-state index >= 15 is 0 Å². The smallest absolute Gasteiger partial charge is 0.222 e. The fourth-order valence-electron chi connectivity index (χ4n) is 2.56. The van der Waals surface area contributed by atoms with Gasteiger partial charge in [0.1, 0.15) is 0 Å². The van der Waals surface area contributed by atoms with Gasteiger partial charge in [-0.1, -0.05) is 13.8 Å². The number of nitrogens with zero attached hydrogens (tertiary/aromatic N) is 1. The van der Waals surface area contributed by atoms with Gasteiger partial charge in [0.2, 0.25) is 5.91 Å². The fraction of sp³-hybridized carbons (Fsp3) is 0.857. The van der Waals surface area contributed by atoms with Crippen molar-refractivity contribution in [2.24, 2.45) is 11.3 Å². The van der Waals surface area contributed by atoms with Crippen LogP contribution in [0.15, 0.2) is 0 Å². The Morgan fingerprint density at radius 3 is 2.89 bits per heavy atom. The zero-order chi connectivity index (χ0) is 13.2. The molecule has 2 saturated heterocycles. The summed E-state index contributed by atoms with van der Waals surface area (Å²) in [5, 5.41) is 0. The number of rotatable bonds is 3. The summed E-state index contributed by atoms with van der Waals surface area (Å²) in [5.74, 6) is 0.308. The molecule has 0 aromatic rings. The Hall–Kier alpha value is -0.900. The summed E-state index contributed by atoms with van der Waals surface area (Å²) in [4.78, 5) is 25.8. The Bertz CT molecular complexity index is 332. The van der Waals surface area contributed by atoms with E-state index in [1.165, 1.54) is 0 Å². The lowest BCUT2D eigenvalue weighted by Gasteiger charge is -2.23. The topological polar surface area (TPSA) is 46.6 Å². The Morgan fingerprint density at radius 2 is 2.22 bits per heavy atom. The summed E-state index contributed by atoms with van der Waals surface area (Å²) in [6.45, 7) is 6.59. The highest BCUT2D eigenvalue weighted by atomic mass is 16.5. The monoisotopic (exact) mass is 253 g/mol. The molecule has 0 aromatic carbocycles. The maximum Gasteiger partial charge on any atom is 0.222 e. The molecule has 2 heterocycles. The van der Waals surface area contributed by atoms with Gasteiger partial charge in [0.25, 0.3) is 0 Å². The first-order valence-corrected chi connectivity index (χ1v) is 6.86. The van der Waals surface area contributed by atoms with E-state index in [1.54, 1.807) is 4.90 Å². The van der Waals surface area contributed by atoms with Crippen molar-refractivity contribution >= 4 is 11.7 Å². The zero-order valence-corrected chi connectivity index (χ0v) is 11.4. The molecule has 4 nitrogen and oxygen atoms in total. The molecular weight excluding hydrogens is 230 g/mol. The fourth-order valence-corrected chi connectivity index (χ4v) is 2.56. The van der Waals surface area contributed by atoms with Crippen LogP contribution in [0.2, 0.25) is 0 Å². The predicted octanol–water partition coefficient (Wildman–Crippen LogP) is 1.63. The van der Waals surface area contributed by atoms with E-state index < -0.39 is 0 Å². The third-order valence-corrected chi connectivity index (χ3v) is 4.16. The molecule has 0 N–H and O–H groups in total. The molecule has 18 heavy (non-hydrogen) atoms. The predicted molar refractivity (Wildman–Crippen MR) is 68.1 cm³/mol. The van der Waals surface area contributed by atoms with Crippen molar-refractivity contribution in [3.63, 3.8) is 0 Å². The van der Waals surface area contributed by atoms with Crippen molar-refractivity contribution in [3.05, 3.63) is 0 Å². The van der Waals surface area contributed by atoms with E-state index in [0.717, 1.165) is 19.3 Å². The number of hydrogen-bond donors (Lipinski definition) is 0. The van der Waals surface area contributed by atoms with Crippen LogP contribution in [0.25, 0.3) is 0 Å². The van der Waals surface area contributed by atoms with Crippen LogP contribution in [-0.2, 0) is 14.3 Å². The van der Waals surface area contributed by atoms with E-state index in [1.807, 2.05) is 0 Å². The van der Waals surface area contributed by atoms with E-state index in [2.05, 4.69) is 13.8 Å². The minimum absolute atomic E-state index is 0.00839. The van der Waals surface area contributed by atoms with Crippen LogP contribution in [0.3, 0.4) is 0 Å². The molecule has 0 saturated carbocycles. The Kier molecular flexibility index (Phi) is 4.05. The van der Waals surface area contributed by atoms with Gasteiger partial charge in [0.15, 0.2) is 5.78 Å². The number of Topliss-reactive ketones (excluding diaryl/α,β-unsaturated/α-hetero) is 1. The van der Waals surface area contributed by atoms with Crippen LogP contribution in [-0.4, -0.2) is 42.9 Å². The molecule has 4 heteroatoms. The van der Waals surface area contributed by atoms with Gasteiger partial charge in [-0.15, -0.1) is 0 Å². The quantitative estimate of drug-likeness (QED) is 0.768. The van der Waals surface area contributed by atoms with E-state index in [9.17, 15) is 9.59 Å². The maximum atomic E-state index is 12.1. The molecule has 1 atom stereocenters. The Balaban J connectivity index is 1.91. The number of amides is 1. The van der Waals surface area contributed by atoms with Crippen molar-refractivity contribution in [2.75, 3.05) is 26.3 Å². The largest absolute Gasteiger partial charge is 0.381 e. The number of ether oxygens (including phenoxy) is 1. The molecule has 0 aliphatic carbocycles.